The van der Waals surface area contributed by atoms with Crippen LogP contribution in [0.15, 0.2) is 16.7 Å². The lowest BCUT2D eigenvalue weighted by molar-refractivity contribution is 0.0948. The summed E-state index contributed by atoms with van der Waals surface area (Å²) in [6.07, 6.45) is 3.44. The fourth-order valence-corrected chi connectivity index (χ4v) is 2.30. The van der Waals surface area contributed by atoms with Gasteiger partial charge in [0.2, 0.25) is 0 Å². The quantitative estimate of drug-likeness (QED) is 0.908. The lowest BCUT2D eigenvalue weighted by Crippen LogP contribution is -2.44. The summed E-state index contributed by atoms with van der Waals surface area (Å²) in [5, 5.41) is 3.48. The molecule has 1 fully saturated rings. The number of carbonyl (C=O) groups excluding carboxylic acids is 1. The maximum Gasteiger partial charge on any atom is 0.409 e. The Hall–Kier alpha value is -1.49. The summed E-state index contributed by atoms with van der Waals surface area (Å²) in [5.74, 6) is 0.993. The highest BCUT2D eigenvalue weighted by Crippen LogP contribution is 2.14. The van der Waals surface area contributed by atoms with Gasteiger partial charge in [-0.15, -0.1) is 0 Å². The van der Waals surface area contributed by atoms with E-state index in [9.17, 15) is 4.79 Å². The van der Waals surface area contributed by atoms with Crippen molar-refractivity contribution in [2.24, 2.45) is 0 Å². The van der Waals surface area contributed by atoms with Crippen LogP contribution in [0.4, 0.5) is 4.79 Å². The zero-order valence-corrected chi connectivity index (χ0v) is 11.6. The number of nitrogens with zero attached hydrogens (tertiary/aromatic N) is 1. The molecule has 19 heavy (non-hydrogen) atoms. The molecule has 1 aliphatic heterocycles. The Kier molecular flexibility index (Phi) is 4.85. The van der Waals surface area contributed by atoms with Crippen molar-refractivity contribution in [3.63, 3.8) is 0 Å². The van der Waals surface area contributed by atoms with Crippen LogP contribution in [0, 0.1) is 6.92 Å². The number of rotatable bonds is 4. The number of likely N-dealkylation sites (tertiary alicyclic amines) is 1. The highest BCUT2D eigenvalue weighted by molar-refractivity contribution is 5.67. The van der Waals surface area contributed by atoms with Crippen LogP contribution in [-0.4, -0.2) is 36.7 Å². The summed E-state index contributed by atoms with van der Waals surface area (Å²) in [4.78, 5) is 13.3. The Morgan fingerprint density at radius 2 is 2.26 bits per heavy atom. The second-order valence-electron chi connectivity index (χ2n) is 4.87. The molecule has 2 rings (SSSR count). The highest BCUT2D eigenvalue weighted by Gasteiger charge is 2.23. The smallest absolute Gasteiger partial charge is 0.409 e. The molecule has 0 aromatic carbocycles. The van der Waals surface area contributed by atoms with Crippen molar-refractivity contribution in [2.75, 3.05) is 19.7 Å². The molecule has 1 aromatic rings. The standard InChI is InChI=1S/C14H22N2O3/c1-3-18-14(17)16-7-4-12(5-8-16)15-10-13-11(2)6-9-19-13/h6,9,12,15H,3-5,7-8,10H2,1-2H3. The molecule has 1 aliphatic rings. The Balaban J connectivity index is 1.72. The molecule has 1 saturated heterocycles. The number of carbonyl (C=O) groups is 1. The molecular formula is C14H22N2O3. The first kappa shape index (κ1) is 13.9. The molecular weight excluding hydrogens is 244 g/mol. The predicted octanol–water partition coefficient (Wildman–Crippen LogP) is 2.30. The number of furan rings is 1. The first-order valence-corrected chi connectivity index (χ1v) is 6.88. The minimum absolute atomic E-state index is 0.192. The first-order chi connectivity index (χ1) is 9.20. The zero-order valence-electron chi connectivity index (χ0n) is 11.6. The van der Waals surface area contributed by atoms with Crippen LogP contribution in [0.1, 0.15) is 31.1 Å². The van der Waals surface area contributed by atoms with Crippen molar-refractivity contribution in [1.29, 1.82) is 0 Å². The lowest BCUT2D eigenvalue weighted by Gasteiger charge is -2.31. The van der Waals surface area contributed by atoms with Gasteiger partial charge in [0.15, 0.2) is 0 Å². The van der Waals surface area contributed by atoms with E-state index in [-0.39, 0.29) is 6.09 Å². The van der Waals surface area contributed by atoms with Gasteiger partial charge in [-0.1, -0.05) is 0 Å². The van der Waals surface area contributed by atoms with Gasteiger partial charge in [-0.3, -0.25) is 0 Å². The molecule has 0 saturated carbocycles. The van der Waals surface area contributed by atoms with Crippen LogP contribution in [0.2, 0.25) is 0 Å². The van der Waals surface area contributed by atoms with E-state index in [0.29, 0.717) is 12.6 Å². The van der Waals surface area contributed by atoms with Crippen molar-refractivity contribution in [3.05, 3.63) is 23.7 Å². The Morgan fingerprint density at radius 3 is 2.84 bits per heavy atom. The molecule has 106 valence electrons. The Bertz CT molecular complexity index is 409. The molecule has 0 spiro atoms. The number of nitrogens with one attached hydrogen (secondary N) is 1. The minimum Gasteiger partial charge on any atom is -0.468 e. The average Bonchev–Trinajstić information content (AvgIpc) is 2.83. The third-order valence-electron chi connectivity index (χ3n) is 3.54. The monoisotopic (exact) mass is 266 g/mol. The Labute approximate surface area is 113 Å². The normalized spacial score (nSPS) is 16.6. The Morgan fingerprint density at radius 1 is 1.53 bits per heavy atom. The first-order valence-electron chi connectivity index (χ1n) is 6.88. The third kappa shape index (κ3) is 3.73. The van der Waals surface area contributed by atoms with Crippen LogP contribution in [0.25, 0.3) is 0 Å². The second kappa shape index (κ2) is 6.61. The fraction of sp³-hybridized carbons (Fsp3) is 0.643. The van der Waals surface area contributed by atoms with Crippen LogP contribution in [-0.2, 0) is 11.3 Å². The van der Waals surface area contributed by atoms with Gasteiger partial charge in [0.1, 0.15) is 5.76 Å². The number of hydrogen-bond donors (Lipinski definition) is 1. The summed E-state index contributed by atoms with van der Waals surface area (Å²) in [6, 6.07) is 2.41. The predicted molar refractivity (Wildman–Crippen MR) is 71.9 cm³/mol. The van der Waals surface area contributed by atoms with E-state index in [1.807, 2.05) is 19.9 Å². The zero-order chi connectivity index (χ0) is 13.7. The largest absolute Gasteiger partial charge is 0.468 e. The molecule has 0 aliphatic carbocycles. The fourth-order valence-electron chi connectivity index (χ4n) is 2.30. The van der Waals surface area contributed by atoms with Gasteiger partial charge in [-0.2, -0.15) is 0 Å². The van der Waals surface area contributed by atoms with Crippen LogP contribution in [0.5, 0.6) is 0 Å². The molecule has 0 bridgehead atoms. The van der Waals surface area contributed by atoms with Gasteiger partial charge in [0.05, 0.1) is 19.4 Å². The maximum absolute atomic E-state index is 11.6. The highest BCUT2D eigenvalue weighted by atomic mass is 16.6. The van der Waals surface area contributed by atoms with Gasteiger partial charge in [-0.25, -0.2) is 4.79 Å². The lowest BCUT2D eigenvalue weighted by atomic mass is 10.1. The molecule has 0 unspecified atom stereocenters. The molecule has 1 amide bonds. The van der Waals surface area contributed by atoms with Gasteiger partial charge in [0.25, 0.3) is 0 Å². The van der Waals surface area contributed by atoms with Crippen LogP contribution < -0.4 is 5.32 Å². The topological polar surface area (TPSA) is 54.7 Å². The van der Waals surface area contributed by atoms with E-state index in [2.05, 4.69) is 5.32 Å². The summed E-state index contributed by atoms with van der Waals surface area (Å²) in [7, 11) is 0. The van der Waals surface area contributed by atoms with E-state index in [1.54, 1.807) is 11.2 Å². The number of hydrogen-bond acceptors (Lipinski definition) is 4. The number of piperidine rings is 1. The molecule has 1 aromatic heterocycles. The minimum atomic E-state index is -0.192. The SMILES string of the molecule is CCOC(=O)N1CCC(NCc2occc2C)CC1. The van der Waals surface area contributed by atoms with Crippen molar-refractivity contribution in [3.8, 4) is 0 Å². The van der Waals surface area contributed by atoms with E-state index in [0.717, 1.165) is 38.2 Å². The van der Waals surface area contributed by atoms with Gasteiger partial charge in [0, 0.05) is 19.1 Å². The number of amides is 1. The number of aryl methyl sites for hydroxylation is 1. The van der Waals surface area contributed by atoms with Crippen molar-refractivity contribution in [1.82, 2.24) is 10.2 Å². The summed E-state index contributed by atoms with van der Waals surface area (Å²) in [6.45, 7) is 6.58. The van der Waals surface area contributed by atoms with E-state index < -0.39 is 0 Å². The van der Waals surface area contributed by atoms with Gasteiger partial charge in [-0.05, 0) is 38.3 Å². The van der Waals surface area contributed by atoms with Gasteiger partial charge < -0.3 is 19.4 Å². The molecule has 1 N–H and O–H groups in total. The van der Waals surface area contributed by atoms with Crippen molar-refractivity contribution < 1.29 is 13.9 Å². The summed E-state index contributed by atoms with van der Waals surface area (Å²) < 4.78 is 10.4. The van der Waals surface area contributed by atoms with Crippen molar-refractivity contribution in [2.45, 2.75) is 39.3 Å². The van der Waals surface area contributed by atoms with Gasteiger partial charge >= 0.3 is 6.09 Å². The summed E-state index contributed by atoms with van der Waals surface area (Å²) in [5.41, 5.74) is 1.18. The second-order valence-corrected chi connectivity index (χ2v) is 4.87. The average molecular weight is 266 g/mol. The van der Waals surface area contributed by atoms with E-state index in [1.165, 1.54) is 5.56 Å². The van der Waals surface area contributed by atoms with E-state index in [4.69, 9.17) is 9.15 Å². The molecule has 0 atom stereocenters. The molecule has 2 heterocycles. The molecule has 0 radical (unpaired) electrons. The van der Waals surface area contributed by atoms with E-state index >= 15 is 0 Å². The third-order valence-corrected chi connectivity index (χ3v) is 3.54. The number of ether oxygens (including phenoxy) is 1. The maximum atomic E-state index is 11.6. The van der Waals surface area contributed by atoms with Crippen LogP contribution in [0.3, 0.4) is 0 Å². The molecule has 5 heteroatoms. The summed E-state index contributed by atoms with van der Waals surface area (Å²) >= 11 is 0. The van der Waals surface area contributed by atoms with Crippen LogP contribution >= 0.6 is 0 Å². The molecule has 5 nitrogen and oxygen atoms in total. The van der Waals surface area contributed by atoms with Crippen molar-refractivity contribution >= 4 is 6.09 Å².